The largest absolute Gasteiger partial charge is 0.396 e. The van der Waals surface area contributed by atoms with Crippen LogP contribution in [0.4, 0.5) is 0 Å². The molecule has 1 aromatic rings. The predicted octanol–water partition coefficient (Wildman–Crippen LogP) is 1.52. The second-order valence-electron chi connectivity index (χ2n) is 4.34. The van der Waals surface area contributed by atoms with Gasteiger partial charge in [-0.2, -0.15) is 11.3 Å². The van der Waals surface area contributed by atoms with Crippen molar-refractivity contribution in [3.05, 3.63) is 22.4 Å². The maximum atomic E-state index is 12.0. The maximum absolute atomic E-state index is 12.0. The highest BCUT2D eigenvalue weighted by Crippen LogP contribution is 2.17. The molecule has 0 radical (unpaired) electrons. The maximum Gasteiger partial charge on any atom is 0.227 e. The summed E-state index contributed by atoms with van der Waals surface area (Å²) >= 11 is 1.62. The summed E-state index contributed by atoms with van der Waals surface area (Å²) in [4.78, 5) is 13.9. The molecule has 88 valence electrons. The van der Waals surface area contributed by atoms with E-state index in [1.807, 2.05) is 21.7 Å². The molecule has 1 aliphatic heterocycles. The van der Waals surface area contributed by atoms with E-state index in [2.05, 4.69) is 0 Å². The van der Waals surface area contributed by atoms with Gasteiger partial charge < -0.3 is 10.0 Å². The van der Waals surface area contributed by atoms with Crippen LogP contribution in [-0.4, -0.2) is 35.6 Å². The summed E-state index contributed by atoms with van der Waals surface area (Å²) in [6.45, 7) is 1.77. The van der Waals surface area contributed by atoms with Gasteiger partial charge in [-0.3, -0.25) is 4.79 Å². The molecule has 0 aromatic carbocycles. The smallest absolute Gasteiger partial charge is 0.227 e. The van der Waals surface area contributed by atoms with Gasteiger partial charge in [0.05, 0.1) is 6.42 Å². The van der Waals surface area contributed by atoms with Crippen LogP contribution in [0.15, 0.2) is 16.8 Å². The van der Waals surface area contributed by atoms with Crippen LogP contribution in [0.5, 0.6) is 0 Å². The Hall–Kier alpha value is -0.870. The monoisotopic (exact) mass is 239 g/mol. The van der Waals surface area contributed by atoms with Gasteiger partial charge in [-0.05, 0) is 41.1 Å². The fourth-order valence-corrected chi connectivity index (χ4v) is 2.79. The highest BCUT2D eigenvalue weighted by molar-refractivity contribution is 7.07. The summed E-state index contributed by atoms with van der Waals surface area (Å²) in [7, 11) is 0. The second kappa shape index (κ2) is 5.46. The van der Waals surface area contributed by atoms with Crippen LogP contribution in [-0.2, 0) is 11.2 Å². The number of amides is 1. The normalized spacial score (nSPS) is 21.1. The van der Waals surface area contributed by atoms with Gasteiger partial charge in [0, 0.05) is 19.7 Å². The Morgan fingerprint density at radius 1 is 1.62 bits per heavy atom. The van der Waals surface area contributed by atoms with Crippen LogP contribution >= 0.6 is 11.3 Å². The summed E-state index contributed by atoms with van der Waals surface area (Å²) in [6.07, 6.45) is 2.56. The zero-order valence-electron chi connectivity index (χ0n) is 9.26. The quantitative estimate of drug-likeness (QED) is 0.869. The van der Waals surface area contributed by atoms with Crippen molar-refractivity contribution in [1.82, 2.24) is 4.90 Å². The van der Waals surface area contributed by atoms with Crippen molar-refractivity contribution in [1.29, 1.82) is 0 Å². The summed E-state index contributed by atoms with van der Waals surface area (Å²) in [6, 6.07) is 2.00. The van der Waals surface area contributed by atoms with E-state index in [1.54, 1.807) is 11.3 Å². The van der Waals surface area contributed by atoms with Gasteiger partial charge in [-0.25, -0.2) is 0 Å². The third-order valence-electron chi connectivity index (χ3n) is 3.07. The van der Waals surface area contributed by atoms with E-state index >= 15 is 0 Å². The zero-order valence-corrected chi connectivity index (χ0v) is 10.1. The van der Waals surface area contributed by atoms with Crippen LogP contribution in [0.1, 0.15) is 18.4 Å². The minimum absolute atomic E-state index is 0.191. The molecule has 0 spiro atoms. The Labute approximate surface area is 99.7 Å². The van der Waals surface area contributed by atoms with Crippen molar-refractivity contribution in [2.45, 2.75) is 19.3 Å². The lowest BCUT2D eigenvalue weighted by atomic mass is 9.98. The Morgan fingerprint density at radius 3 is 3.19 bits per heavy atom. The molecule has 1 amide bonds. The molecule has 2 heterocycles. The van der Waals surface area contributed by atoms with Gasteiger partial charge in [-0.1, -0.05) is 0 Å². The molecule has 1 atom stereocenters. The van der Waals surface area contributed by atoms with E-state index in [9.17, 15) is 4.79 Å². The SMILES string of the molecule is O=C(Cc1ccsc1)N1CCC[C@@H](CO)C1. The third-order valence-corrected chi connectivity index (χ3v) is 3.80. The molecule has 3 nitrogen and oxygen atoms in total. The van der Waals surface area contributed by atoms with Crippen molar-refractivity contribution in [3.8, 4) is 0 Å². The van der Waals surface area contributed by atoms with Crippen LogP contribution in [0, 0.1) is 5.92 Å². The minimum Gasteiger partial charge on any atom is -0.396 e. The highest BCUT2D eigenvalue weighted by Gasteiger charge is 2.22. The third kappa shape index (κ3) is 2.83. The molecular weight excluding hydrogens is 222 g/mol. The molecule has 0 bridgehead atoms. The first-order valence-corrected chi connectivity index (χ1v) is 6.63. The fourth-order valence-electron chi connectivity index (χ4n) is 2.12. The summed E-state index contributed by atoms with van der Waals surface area (Å²) in [5.41, 5.74) is 1.10. The molecule has 2 rings (SSSR count). The molecule has 16 heavy (non-hydrogen) atoms. The van der Waals surface area contributed by atoms with Crippen LogP contribution in [0.2, 0.25) is 0 Å². The Kier molecular flexibility index (Phi) is 3.96. The Morgan fingerprint density at radius 2 is 2.50 bits per heavy atom. The lowest BCUT2D eigenvalue weighted by Gasteiger charge is -2.31. The molecule has 0 unspecified atom stereocenters. The van der Waals surface area contributed by atoms with E-state index in [4.69, 9.17) is 5.11 Å². The number of rotatable bonds is 3. The van der Waals surface area contributed by atoms with Crippen molar-refractivity contribution >= 4 is 17.2 Å². The fraction of sp³-hybridized carbons (Fsp3) is 0.583. The lowest BCUT2D eigenvalue weighted by molar-refractivity contribution is -0.132. The first-order valence-electron chi connectivity index (χ1n) is 5.69. The summed E-state index contributed by atoms with van der Waals surface area (Å²) < 4.78 is 0. The van der Waals surface area contributed by atoms with Crippen LogP contribution in [0.25, 0.3) is 0 Å². The number of thiophene rings is 1. The van der Waals surface area contributed by atoms with Gasteiger partial charge in [0.15, 0.2) is 0 Å². The Bertz CT molecular complexity index is 337. The molecule has 0 aliphatic carbocycles. The van der Waals surface area contributed by atoms with E-state index in [0.29, 0.717) is 6.42 Å². The van der Waals surface area contributed by atoms with Gasteiger partial charge in [-0.15, -0.1) is 0 Å². The number of carbonyl (C=O) groups is 1. The van der Waals surface area contributed by atoms with Gasteiger partial charge in [0.2, 0.25) is 5.91 Å². The van der Waals surface area contributed by atoms with Crippen molar-refractivity contribution in [3.63, 3.8) is 0 Å². The number of hydrogen-bond donors (Lipinski definition) is 1. The van der Waals surface area contributed by atoms with E-state index < -0.39 is 0 Å². The average molecular weight is 239 g/mol. The summed E-state index contributed by atoms with van der Waals surface area (Å²) in [5, 5.41) is 13.1. The first-order chi connectivity index (χ1) is 7.79. The molecule has 1 aromatic heterocycles. The number of hydrogen-bond acceptors (Lipinski definition) is 3. The molecule has 1 fully saturated rings. The van der Waals surface area contributed by atoms with Gasteiger partial charge in [0.25, 0.3) is 0 Å². The highest BCUT2D eigenvalue weighted by atomic mass is 32.1. The van der Waals surface area contributed by atoms with Crippen LogP contribution < -0.4 is 0 Å². The standard InChI is InChI=1S/C12H17NO2S/c14-8-11-2-1-4-13(7-11)12(15)6-10-3-5-16-9-10/h3,5,9,11,14H,1-2,4,6-8H2/t11-/m1/s1. The molecule has 1 N–H and O–H groups in total. The molecule has 1 aliphatic rings. The van der Waals surface area contributed by atoms with E-state index in [-0.39, 0.29) is 18.4 Å². The first kappa shape index (κ1) is 11.6. The number of nitrogens with zero attached hydrogens (tertiary/aromatic N) is 1. The average Bonchev–Trinajstić information content (AvgIpc) is 2.82. The number of likely N-dealkylation sites (tertiary alicyclic amines) is 1. The molecule has 0 saturated carbocycles. The van der Waals surface area contributed by atoms with Crippen LogP contribution in [0.3, 0.4) is 0 Å². The van der Waals surface area contributed by atoms with Crippen molar-refractivity contribution in [2.24, 2.45) is 5.92 Å². The van der Waals surface area contributed by atoms with Crippen molar-refractivity contribution in [2.75, 3.05) is 19.7 Å². The second-order valence-corrected chi connectivity index (χ2v) is 5.12. The van der Waals surface area contributed by atoms with Crippen molar-refractivity contribution < 1.29 is 9.90 Å². The predicted molar refractivity (Wildman–Crippen MR) is 64.4 cm³/mol. The van der Waals surface area contributed by atoms with E-state index in [0.717, 1.165) is 31.5 Å². The lowest BCUT2D eigenvalue weighted by Crippen LogP contribution is -2.41. The van der Waals surface area contributed by atoms with Gasteiger partial charge in [0.1, 0.15) is 0 Å². The zero-order chi connectivity index (χ0) is 11.4. The summed E-state index contributed by atoms with van der Waals surface area (Å²) in [5.74, 6) is 0.469. The molecular formula is C12H17NO2S. The molecule has 4 heteroatoms. The minimum atomic E-state index is 0.191. The topological polar surface area (TPSA) is 40.5 Å². The van der Waals surface area contributed by atoms with E-state index in [1.165, 1.54) is 0 Å². The number of piperidine rings is 1. The number of aliphatic hydroxyl groups is 1. The van der Waals surface area contributed by atoms with Gasteiger partial charge >= 0.3 is 0 Å². The Balaban J connectivity index is 1.89. The molecule has 1 saturated heterocycles. The number of aliphatic hydroxyl groups excluding tert-OH is 1. The number of carbonyl (C=O) groups excluding carboxylic acids is 1.